The van der Waals surface area contributed by atoms with Crippen molar-refractivity contribution in [2.45, 2.75) is 12.8 Å². The van der Waals surface area contributed by atoms with E-state index in [0.717, 1.165) is 22.5 Å². The molecule has 0 radical (unpaired) electrons. The van der Waals surface area contributed by atoms with E-state index in [-0.39, 0.29) is 0 Å². The van der Waals surface area contributed by atoms with Gasteiger partial charge in [0.15, 0.2) is 0 Å². The van der Waals surface area contributed by atoms with Crippen LogP contribution in [0.1, 0.15) is 0 Å². The molecule has 4 aromatic rings. The van der Waals surface area contributed by atoms with Crippen LogP contribution in [0.2, 0.25) is 0 Å². The minimum atomic E-state index is -0.740. The molecule has 1 atom stereocenters. The van der Waals surface area contributed by atoms with E-state index < -0.39 is 6.23 Å². The SMILES string of the molecule is C=CC(O)NCCn1ccc2ncnc(Oc3ccc(Oc4ccccc4)cc3)c21. The normalized spacial score (nSPS) is 11.9. The largest absolute Gasteiger partial charge is 0.457 e. The van der Waals surface area contributed by atoms with Crippen LogP contribution in [0.4, 0.5) is 0 Å². The van der Waals surface area contributed by atoms with Crippen molar-refractivity contribution in [2.75, 3.05) is 6.54 Å². The number of nitrogens with zero attached hydrogens (tertiary/aromatic N) is 3. The minimum absolute atomic E-state index is 0.464. The second-order valence-electron chi connectivity index (χ2n) is 6.55. The zero-order valence-electron chi connectivity index (χ0n) is 16.3. The fourth-order valence-corrected chi connectivity index (χ4v) is 2.99. The monoisotopic (exact) mass is 402 g/mol. The van der Waals surface area contributed by atoms with Crippen LogP contribution in [-0.2, 0) is 6.54 Å². The van der Waals surface area contributed by atoms with Gasteiger partial charge >= 0.3 is 0 Å². The summed E-state index contributed by atoms with van der Waals surface area (Å²) in [5.74, 6) is 2.60. The molecular formula is C23H22N4O3. The fourth-order valence-electron chi connectivity index (χ4n) is 2.99. The van der Waals surface area contributed by atoms with E-state index in [4.69, 9.17) is 9.47 Å². The number of para-hydroxylation sites is 1. The van der Waals surface area contributed by atoms with Crippen LogP contribution in [0.3, 0.4) is 0 Å². The molecule has 0 saturated heterocycles. The van der Waals surface area contributed by atoms with Gasteiger partial charge in [-0.25, -0.2) is 4.98 Å². The first-order valence-corrected chi connectivity index (χ1v) is 9.57. The quantitative estimate of drug-likeness (QED) is 0.324. The van der Waals surface area contributed by atoms with Gasteiger partial charge in [-0.1, -0.05) is 24.8 Å². The Morgan fingerprint density at radius 3 is 2.40 bits per heavy atom. The average molecular weight is 402 g/mol. The van der Waals surface area contributed by atoms with Gasteiger partial charge in [-0.05, 0) is 48.5 Å². The summed E-state index contributed by atoms with van der Waals surface area (Å²) in [6, 6.07) is 18.9. The van der Waals surface area contributed by atoms with Crippen molar-refractivity contribution < 1.29 is 14.6 Å². The molecule has 0 aliphatic heterocycles. The van der Waals surface area contributed by atoms with E-state index in [9.17, 15) is 5.11 Å². The summed E-state index contributed by atoms with van der Waals surface area (Å²) < 4.78 is 13.8. The number of rotatable bonds is 9. The van der Waals surface area contributed by atoms with E-state index in [1.54, 1.807) is 0 Å². The number of aromatic nitrogens is 3. The van der Waals surface area contributed by atoms with Gasteiger partial charge in [0, 0.05) is 19.3 Å². The van der Waals surface area contributed by atoms with Crippen LogP contribution < -0.4 is 14.8 Å². The highest BCUT2D eigenvalue weighted by molar-refractivity contribution is 5.80. The molecule has 152 valence electrons. The van der Waals surface area contributed by atoms with Gasteiger partial charge in [-0.2, -0.15) is 4.98 Å². The summed E-state index contributed by atoms with van der Waals surface area (Å²) in [5.41, 5.74) is 1.57. The third-order valence-corrected chi connectivity index (χ3v) is 4.46. The lowest BCUT2D eigenvalue weighted by atomic mass is 10.3. The van der Waals surface area contributed by atoms with Crippen LogP contribution >= 0.6 is 0 Å². The molecule has 0 saturated carbocycles. The molecule has 2 aromatic carbocycles. The second kappa shape index (κ2) is 9.21. The molecule has 1 unspecified atom stereocenters. The van der Waals surface area contributed by atoms with Crippen molar-refractivity contribution in [3.63, 3.8) is 0 Å². The van der Waals surface area contributed by atoms with Gasteiger partial charge in [0.25, 0.3) is 0 Å². The molecule has 2 heterocycles. The number of aliphatic hydroxyl groups excluding tert-OH is 1. The highest BCUT2D eigenvalue weighted by Crippen LogP contribution is 2.29. The first-order valence-electron chi connectivity index (χ1n) is 9.57. The van der Waals surface area contributed by atoms with Crippen LogP contribution in [0, 0.1) is 0 Å². The van der Waals surface area contributed by atoms with Crippen molar-refractivity contribution >= 4 is 11.0 Å². The lowest BCUT2D eigenvalue weighted by molar-refractivity contribution is 0.184. The van der Waals surface area contributed by atoms with Gasteiger partial charge < -0.3 is 19.1 Å². The molecule has 2 aromatic heterocycles. The van der Waals surface area contributed by atoms with Crippen molar-refractivity contribution in [1.29, 1.82) is 0 Å². The van der Waals surface area contributed by atoms with Crippen molar-refractivity contribution in [1.82, 2.24) is 19.9 Å². The number of benzene rings is 2. The number of nitrogens with one attached hydrogen (secondary N) is 1. The van der Waals surface area contributed by atoms with Gasteiger partial charge in [-0.3, -0.25) is 5.32 Å². The molecule has 2 N–H and O–H groups in total. The summed E-state index contributed by atoms with van der Waals surface area (Å²) in [6.07, 6.45) is 4.10. The van der Waals surface area contributed by atoms with Gasteiger partial charge in [-0.15, -0.1) is 0 Å². The Balaban J connectivity index is 1.49. The number of hydrogen-bond donors (Lipinski definition) is 2. The zero-order chi connectivity index (χ0) is 20.8. The Morgan fingerprint density at radius 1 is 0.967 bits per heavy atom. The van der Waals surface area contributed by atoms with Crippen molar-refractivity contribution in [3.05, 3.63) is 85.8 Å². The molecule has 0 bridgehead atoms. The smallest absolute Gasteiger partial charge is 0.247 e. The summed E-state index contributed by atoms with van der Waals surface area (Å²) in [6.45, 7) is 4.71. The Labute approximate surface area is 174 Å². The van der Waals surface area contributed by atoms with Crippen LogP contribution in [0.15, 0.2) is 85.8 Å². The molecule has 0 spiro atoms. The van der Waals surface area contributed by atoms with Crippen LogP contribution in [0.5, 0.6) is 23.1 Å². The maximum atomic E-state index is 9.57. The molecule has 7 nitrogen and oxygen atoms in total. The number of ether oxygens (including phenoxy) is 2. The number of fused-ring (bicyclic) bond motifs is 1. The van der Waals surface area contributed by atoms with Crippen LogP contribution in [-0.4, -0.2) is 32.4 Å². The lowest BCUT2D eigenvalue weighted by Gasteiger charge is -2.12. The fraction of sp³-hybridized carbons (Fsp3) is 0.130. The molecule has 0 fully saturated rings. The predicted octanol–water partition coefficient (Wildman–Crippen LogP) is 4.11. The van der Waals surface area contributed by atoms with Gasteiger partial charge in [0.2, 0.25) is 5.88 Å². The highest BCUT2D eigenvalue weighted by Gasteiger charge is 2.12. The molecular weight excluding hydrogens is 380 g/mol. The molecule has 7 heteroatoms. The molecule has 0 aliphatic carbocycles. The Hall–Kier alpha value is -3.68. The van der Waals surface area contributed by atoms with E-state index in [1.807, 2.05) is 71.4 Å². The summed E-state index contributed by atoms with van der Waals surface area (Å²) in [5, 5.41) is 12.5. The third kappa shape index (κ3) is 4.65. The van der Waals surface area contributed by atoms with Crippen molar-refractivity contribution in [2.24, 2.45) is 0 Å². The molecule has 0 amide bonds. The summed E-state index contributed by atoms with van der Waals surface area (Å²) in [7, 11) is 0. The Bertz CT molecular complexity index is 1110. The van der Waals surface area contributed by atoms with Gasteiger partial charge in [0.05, 0.1) is 5.52 Å². The van der Waals surface area contributed by atoms with Gasteiger partial charge in [0.1, 0.15) is 35.3 Å². The average Bonchev–Trinajstić information content (AvgIpc) is 3.20. The van der Waals surface area contributed by atoms with E-state index in [1.165, 1.54) is 12.4 Å². The third-order valence-electron chi connectivity index (χ3n) is 4.46. The summed E-state index contributed by atoms with van der Waals surface area (Å²) >= 11 is 0. The summed E-state index contributed by atoms with van der Waals surface area (Å²) in [4.78, 5) is 8.62. The maximum absolute atomic E-state index is 9.57. The molecule has 0 aliphatic rings. The zero-order valence-corrected chi connectivity index (χ0v) is 16.3. The van der Waals surface area contributed by atoms with Crippen LogP contribution in [0.25, 0.3) is 11.0 Å². The van der Waals surface area contributed by atoms with E-state index in [0.29, 0.717) is 24.7 Å². The Morgan fingerprint density at radius 2 is 1.67 bits per heavy atom. The number of hydrogen-bond acceptors (Lipinski definition) is 6. The Kier molecular flexibility index (Phi) is 6.03. The molecule has 4 rings (SSSR count). The predicted molar refractivity (Wildman–Crippen MR) is 115 cm³/mol. The number of aliphatic hydroxyl groups is 1. The highest BCUT2D eigenvalue weighted by atomic mass is 16.5. The minimum Gasteiger partial charge on any atom is -0.457 e. The standard InChI is InChI=1S/C23H22N4O3/c1-2-21(28)24-13-15-27-14-12-20-22(27)23(26-16-25-20)30-19-10-8-18(9-11-19)29-17-6-4-3-5-7-17/h2-12,14,16,21,24,28H,1,13,15H2. The van der Waals surface area contributed by atoms with Crippen molar-refractivity contribution in [3.8, 4) is 23.1 Å². The van der Waals surface area contributed by atoms with E-state index in [2.05, 4.69) is 21.9 Å². The first kappa shape index (κ1) is 19.6. The first-order chi connectivity index (χ1) is 14.7. The maximum Gasteiger partial charge on any atom is 0.247 e. The topological polar surface area (TPSA) is 81.4 Å². The second-order valence-corrected chi connectivity index (χ2v) is 6.55. The molecule has 30 heavy (non-hydrogen) atoms. The lowest BCUT2D eigenvalue weighted by Crippen LogP contribution is -2.29. The van der Waals surface area contributed by atoms with E-state index >= 15 is 0 Å².